The van der Waals surface area contributed by atoms with Crippen molar-refractivity contribution in [2.24, 2.45) is 11.5 Å². The lowest BCUT2D eigenvalue weighted by molar-refractivity contribution is -0.137. The van der Waals surface area contributed by atoms with Gasteiger partial charge >= 0.3 is 0 Å². The zero-order valence-electron chi connectivity index (χ0n) is 13.6. The number of nitrogens with one attached hydrogen (secondary N) is 2. The van der Waals surface area contributed by atoms with E-state index in [-0.39, 0.29) is 62.4 Å². The molecule has 1 aromatic rings. The summed E-state index contributed by atoms with van der Waals surface area (Å²) in [7, 11) is 0. The number of morpholine rings is 1. The molecule has 0 saturated carbocycles. The third-order valence-corrected chi connectivity index (χ3v) is 3.82. The molecule has 0 aromatic heterocycles. The van der Waals surface area contributed by atoms with Crippen molar-refractivity contribution in [3.05, 3.63) is 35.9 Å². The van der Waals surface area contributed by atoms with E-state index in [1.807, 2.05) is 30.3 Å². The molecule has 1 aliphatic heterocycles. The summed E-state index contributed by atoms with van der Waals surface area (Å²) in [6, 6.07) is 8.24. The van der Waals surface area contributed by atoms with Crippen molar-refractivity contribution >= 4 is 30.1 Å². The fourth-order valence-electron chi connectivity index (χ4n) is 2.45. The van der Waals surface area contributed by atoms with Crippen molar-refractivity contribution in [1.29, 1.82) is 0 Å². The topological polar surface area (TPSA) is 137 Å². The highest BCUT2D eigenvalue weighted by molar-refractivity contribution is 5.85. The van der Waals surface area contributed by atoms with Gasteiger partial charge in [-0.1, -0.05) is 30.3 Å². The first kappa shape index (κ1) is 20.9. The van der Waals surface area contributed by atoms with Crippen LogP contribution in [0.4, 0.5) is 0 Å². The Morgan fingerprint density at radius 3 is 2.64 bits per heavy atom. The van der Waals surface area contributed by atoms with Crippen molar-refractivity contribution in [3.8, 4) is 0 Å². The van der Waals surface area contributed by atoms with E-state index in [4.69, 9.17) is 16.2 Å². The van der Waals surface area contributed by atoms with Crippen molar-refractivity contribution in [3.63, 3.8) is 0 Å². The molecule has 138 valence electrons. The van der Waals surface area contributed by atoms with E-state index >= 15 is 0 Å². The Balaban J connectivity index is 0.00000312. The van der Waals surface area contributed by atoms with E-state index in [0.29, 0.717) is 0 Å². The number of rotatable bonds is 7. The van der Waals surface area contributed by atoms with Crippen LogP contribution in [0.15, 0.2) is 30.3 Å². The van der Waals surface area contributed by atoms with Gasteiger partial charge in [0.2, 0.25) is 17.7 Å². The molecule has 1 aliphatic rings. The molecule has 8 nitrogen and oxygen atoms in total. The van der Waals surface area contributed by atoms with E-state index in [1.54, 1.807) is 0 Å². The van der Waals surface area contributed by atoms with Crippen LogP contribution in [0.2, 0.25) is 0 Å². The van der Waals surface area contributed by atoms with Crippen LogP contribution in [0.5, 0.6) is 0 Å². The lowest BCUT2D eigenvalue weighted by atomic mass is 9.99. The fourth-order valence-corrected chi connectivity index (χ4v) is 2.45. The summed E-state index contributed by atoms with van der Waals surface area (Å²) in [4.78, 5) is 34.3. The van der Waals surface area contributed by atoms with Crippen LogP contribution in [0.1, 0.15) is 24.4 Å². The normalized spacial score (nSPS) is 20.8. The first-order chi connectivity index (χ1) is 11.5. The van der Waals surface area contributed by atoms with E-state index in [2.05, 4.69) is 10.6 Å². The number of halogens is 1. The van der Waals surface area contributed by atoms with Gasteiger partial charge in [0.1, 0.15) is 6.61 Å². The summed E-state index contributed by atoms with van der Waals surface area (Å²) < 4.78 is 5.55. The number of hydrogen-bond donors (Lipinski definition) is 4. The molecular weight excluding hydrogens is 348 g/mol. The van der Waals surface area contributed by atoms with Gasteiger partial charge in [-0.05, 0) is 12.0 Å². The summed E-state index contributed by atoms with van der Waals surface area (Å²) in [6.07, 6.45) is -0.0936. The van der Waals surface area contributed by atoms with Crippen molar-refractivity contribution in [1.82, 2.24) is 10.6 Å². The number of primary amides is 1. The van der Waals surface area contributed by atoms with E-state index in [1.165, 1.54) is 0 Å². The molecule has 1 saturated heterocycles. The second-order valence-electron chi connectivity index (χ2n) is 5.66. The Kier molecular flexibility index (Phi) is 8.33. The summed E-state index contributed by atoms with van der Waals surface area (Å²) >= 11 is 0. The zero-order chi connectivity index (χ0) is 17.5. The largest absolute Gasteiger partial charge is 0.368 e. The Hall–Kier alpha value is -2.16. The third-order valence-electron chi connectivity index (χ3n) is 3.82. The standard InChI is InChI=1S/C16H22N4O4.ClH/c17-11(16(18)23)6-7-13(21)19-8-12-15(20-14(22)9-24-12)10-4-2-1-3-5-10;/h1-5,11-12,15H,6-9,17H2,(H2,18,23)(H,19,21)(H,20,22);1H/t11-,12-,15+;/m0./s1. The molecule has 0 radical (unpaired) electrons. The Labute approximate surface area is 152 Å². The lowest BCUT2D eigenvalue weighted by Crippen LogP contribution is -2.50. The predicted octanol–water partition coefficient (Wildman–Crippen LogP) is -0.626. The number of nitrogens with two attached hydrogens (primary N) is 2. The Morgan fingerprint density at radius 1 is 1.32 bits per heavy atom. The van der Waals surface area contributed by atoms with Gasteiger partial charge in [-0.2, -0.15) is 0 Å². The molecule has 0 aliphatic carbocycles. The molecule has 2 rings (SSSR count). The van der Waals surface area contributed by atoms with E-state index < -0.39 is 11.9 Å². The Morgan fingerprint density at radius 2 is 2.00 bits per heavy atom. The number of amides is 3. The van der Waals surface area contributed by atoms with Gasteiger partial charge in [0, 0.05) is 13.0 Å². The summed E-state index contributed by atoms with van der Waals surface area (Å²) in [5.41, 5.74) is 11.4. The van der Waals surface area contributed by atoms with Gasteiger partial charge in [-0.25, -0.2) is 0 Å². The van der Waals surface area contributed by atoms with Gasteiger partial charge in [0.05, 0.1) is 18.2 Å². The minimum absolute atomic E-state index is 0. The Bertz CT molecular complexity index is 599. The van der Waals surface area contributed by atoms with Crippen LogP contribution in [0.3, 0.4) is 0 Å². The molecule has 1 fully saturated rings. The molecule has 0 spiro atoms. The summed E-state index contributed by atoms with van der Waals surface area (Å²) in [5.74, 6) is -1.08. The van der Waals surface area contributed by atoms with Crippen LogP contribution in [-0.4, -0.2) is 43.0 Å². The number of ether oxygens (including phenoxy) is 1. The lowest BCUT2D eigenvalue weighted by Gasteiger charge is -2.32. The molecule has 1 heterocycles. The van der Waals surface area contributed by atoms with Crippen molar-refractivity contribution in [2.75, 3.05) is 13.2 Å². The first-order valence-corrected chi connectivity index (χ1v) is 7.75. The third kappa shape index (κ3) is 6.33. The molecule has 1 aromatic carbocycles. The zero-order valence-corrected chi connectivity index (χ0v) is 14.5. The smallest absolute Gasteiger partial charge is 0.246 e. The molecule has 3 amide bonds. The molecule has 9 heteroatoms. The minimum atomic E-state index is -0.835. The highest BCUT2D eigenvalue weighted by Crippen LogP contribution is 2.21. The first-order valence-electron chi connectivity index (χ1n) is 7.75. The van der Waals surface area contributed by atoms with Gasteiger partial charge in [0.15, 0.2) is 0 Å². The number of benzene rings is 1. The van der Waals surface area contributed by atoms with E-state index in [0.717, 1.165) is 5.56 Å². The number of hydrogen-bond acceptors (Lipinski definition) is 5. The average Bonchev–Trinajstić information content (AvgIpc) is 2.59. The second kappa shape index (κ2) is 9.97. The molecule has 25 heavy (non-hydrogen) atoms. The van der Waals surface area contributed by atoms with Gasteiger partial charge < -0.3 is 26.8 Å². The van der Waals surface area contributed by atoms with Gasteiger partial charge in [-0.15, -0.1) is 12.4 Å². The maximum Gasteiger partial charge on any atom is 0.246 e. The van der Waals surface area contributed by atoms with Crippen LogP contribution in [-0.2, 0) is 19.1 Å². The van der Waals surface area contributed by atoms with Crippen molar-refractivity contribution in [2.45, 2.75) is 31.0 Å². The van der Waals surface area contributed by atoms with Gasteiger partial charge in [-0.3, -0.25) is 14.4 Å². The highest BCUT2D eigenvalue weighted by Gasteiger charge is 2.30. The maximum atomic E-state index is 11.9. The molecule has 6 N–H and O–H groups in total. The van der Waals surface area contributed by atoms with Gasteiger partial charge in [0.25, 0.3) is 0 Å². The van der Waals surface area contributed by atoms with Crippen molar-refractivity contribution < 1.29 is 19.1 Å². The fraction of sp³-hybridized carbons (Fsp3) is 0.438. The quantitative estimate of drug-likeness (QED) is 0.506. The summed E-state index contributed by atoms with van der Waals surface area (Å²) in [5, 5.41) is 5.61. The SMILES string of the molecule is Cl.NC(=O)[C@@H](N)CCC(=O)NC[C@@H]1OCC(=O)N[C@@H]1c1ccccc1. The van der Waals surface area contributed by atoms with Crippen LogP contribution in [0.25, 0.3) is 0 Å². The predicted molar refractivity (Wildman–Crippen MR) is 93.7 cm³/mol. The minimum Gasteiger partial charge on any atom is -0.368 e. The molecular formula is C16H23ClN4O4. The van der Waals surface area contributed by atoms with Crippen LogP contribution < -0.4 is 22.1 Å². The monoisotopic (exact) mass is 370 g/mol. The summed E-state index contributed by atoms with van der Waals surface area (Å²) in [6.45, 7) is 0.195. The molecule has 0 bridgehead atoms. The maximum absolute atomic E-state index is 11.9. The van der Waals surface area contributed by atoms with E-state index in [9.17, 15) is 14.4 Å². The van der Waals surface area contributed by atoms with Crippen LogP contribution >= 0.6 is 12.4 Å². The highest BCUT2D eigenvalue weighted by atomic mass is 35.5. The average molecular weight is 371 g/mol. The molecule has 0 unspecified atom stereocenters. The number of carbonyl (C=O) groups is 3. The van der Waals surface area contributed by atoms with Crippen LogP contribution in [0, 0.1) is 0 Å². The molecule has 3 atom stereocenters. The number of carbonyl (C=O) groups excluding carboxylic acids is 3. The second-order valence-corrected chi connectivity index (χ2v) is 5.66.